The fourth-order valence-electron chi connectivity index (χ4n) is 4.17. The maximum Gasteiger partial charge on any atom is 0.258 e. The Labute approximate surface area is 161 Å². The van der Waals surface area contributed by atoms with Gasteiger partial charge in [-0.2, -0.15) is 10.2 Å². The van der Waals surface area contributed by atoms with Crippen LogP contribution in [0, 0.1) is 11.3 Å². The minimum Gasteiger partial charge on any atom is -0.507 e. The van der Waals surface area contributed by atoms with Crippen molar-refractivity contribution in [2.75, 3.05) is 13.1 Å². The number of nitrogens with zero attached hydrogens (tertiary/aromatic N) is 4. The topological polar surface area (TPSA) is 106 Å². The van der Waals surface area contributed by atoms with Crippen LogP contribution in [0.1, 0.15) is 29.2 Å². The van der Waals surface area contributed by atoms with Crippen molar-refractivity contribution in [1.29, 1.82) is 5.26 Å². The van der Waals surface area contributed by atoms with Gasteiger partial charge in [0.15, 0.2) is 0 Å². The van der Waals surface area contributed by atoms with Crippen molar-refractivity contribution in [3.8, 4) is 34.7 Å². The Bertz CT molecular complexity index is 1100. The van der Waals surface area contributed by atoms with Gasteiger partial charge in [0.25, 0.3) is 5.89 Å². The molecule has 0 bridgehead atoms. The zero-order valence-electron chi connectivity index (χ0n) is 15.0. The van der Waals surface area contributed by atoms with Crippen molar-refractivity contribution in [3.63, 3.8) is 0 Å². The molecule has 28 heavy (non-hydrogen) atoms. The van der Waals surface area contributed by atoms with E-state index in [0.717, 1.165) is 31.5 Å². The summed E-state index contributed by atoms with van der Waals surface area (Å²) in [5.74, 6) is 0.751. The van der Waals surface area contributed by atoms with E-state index in [1.165, 1.54) is 23.3 Å². The maximum atomic E-state index is 9.67. The molecule has 1 aliphatic heterocycles. The van der Waals surface area contributed by atoms with Crippen LogP contribution in [0.15, 0.2) is 40.9 Å². The molecule has 7 nitrogen and oxygen atoms in total. The number of phenols is 1. The van der Waals surface area contributed by atoms with Gasteiger partial charge in [-0.15, -0.1) is 0 Å². The fraction of sp³-hybridized carbons (Fsp3) is 0.286. The third-order valence-corrected chi connectivity index (χ3v) is 5.60. The van der Waals surface area contributed by atoms with E-state index >= 15 is 0 Å². The molecular weight excluding hydrogens is 356 g/mol. The highest BCUT2D eigenvalue weighted by atomic mass is 16.5. The van der Waals surface area contributed by atoms with Crippen LogP contribution in [0.3, 0.4) is 0 Å². The third kappa shape index (κ3) is 2.66. The first-order valence-corrected chi connectivity index (χ1v) is 9.25. The largest absolute Gasteiger partial charge is 0.507 e. The van der Waals surface area contributed by atoms with E-state index < -0.39 is 0 Å². The van der Waals surface area contributed by atoms with Gasteiger partial charge in [0.05, 0.1) is 11.7 Å². The molecule has 0 unspecified atom stereocenters. The lowest BCUT2D eigenvalue weighted by molar-refractivity contribution is -0.0251. The van der Waals surface area contributed by atoms with Crippen LogP contribution in [0.2, 0.25) is 0 Å². The minimum atomic E-state index is -0.212. The van der Waals surface area contributed by atoms with Gasteiger partial charge in [-0.3, -0.25) is 4.90 Å². The molecule has 7 heteroatoms. The number of likely N-dealkylation sites (tertiary alicyclic amines) is 1. The van der Waals surface area contributed by atoms with Crippen LogP contribution in [0.25, 0.3) is 22.8 Å². The molecular formula is C21H18N4O3. The molecule has 140 valence electrons. The van der Waals surface area contributed by atoms with Gasteiger partial charge < -0.3 is 14.7 Å². The van der Waals surface area contributed by atoms with Crippen molar-refractivity contribution in [2.24, 2.45) is 0 Å². The second kappa shape index (κ2) is 6.44. The predicted octanol–water partition coefficient (Wildman–Crippen LogP) is 2.64. The summed E-state index contributed by atoms with van der Waals surface area (Å²) >= 11 is 0. The van der Waals surface area contributed by atoms with Gasteiger partial charge in [-0.25, -0.2) is 0 Å². The summed E-state index contributed by atoms with van der Waals surface area (Å²) in [5, 5.41) is 32.5. The highest BCUT2D eigenvalue weighted by Gasteiger charge is 2.36. The van der Waals surface area contributed by atoms with Crippen LogP contribution in [0.4, 0.5) is 0 Å². The van der Waals surface area contributed by atoms with Crippen LogP contribution in [0.5, 0.6) is 5.75 Å². The van der Waals surface area contributed by atoms with Crippen LogP contribution in [-0.4, -0.2) is 44.4 Å². The highest BCUT2D eigenvalue weighted by molar-refractivity contribution is 5.67. The standard InChI is InChI=1S/C21H18N4O3/c22-9-13-8-12(4-7-19(13)27)21-23-20(24-28-21)17-3-1-2-16-15(17)5-6-18(16)25-10-14(26)11-25/h1-4,7-8,14,18,26-27H,5-6,10-11H2/t18-/m0/s1. The Morgan fingerprint density at radius 2 is 2.07 bits per heavy atom. The summed E-state index contributed by atoms with van der Waals surface area (Å²) in [7, 11) is 0. The number of nitriles is 1. The van der Waals surface area contributed by atoms with Crippen molar-refractivity contribution >= 4 is 0 Å². The zero-order valence-corrected chi connectivity index (χ0v) is 15.0. The fourth-order valence-corrected chi connectivity index (χ4v) is 4.17. The molecule has 1 aliphatic carbocycles. The summed E-state index contributed by atoms with van der Waals surface area (Å²) in [5.41, 5.74) is 4.21. The first kappa shape index (κ1) is 16.9. The number of hydrogen-bond donors (Lipinski definition) is 2. The molecule has 1 fully saturated rings. The summed E-state index contributed by atoms with van der Waals surface area (Å²) in [6.45, 7) is 1.45. The van der Waals surface area contributed by atoms with Crippen LogP contribution in [-0.2, 0) is 6.42 Å². The second-order valence-corrected chi connectivity index (χ2v) is 7.30. The molecule has 2 aromatic carbocycles. The molecule has 0 radical (unpaired) electrons. The summed E-state index contributed by atoms with van der Waals surface area (Å²) < 4.78 is 5.43. The second-order valence-electron chi connectivity index (χ2n) is 7.30. The van der Waals surface area contributed by atoms with E-state index in [2.05, 4.69) is 21.1 Å². The molecule has 0 amide bonds. The van der Waals surface area contributed by atoms with Gasteiger partial charge in [0.1, 0.15) is 11.8 Å². The molecule has 0 spiro atoms. The Hall–Kier alpha value is -3.21. The Morgan fingerprint density at radius 3 is 2.86 bits per heavy atom. The molecule has 1 aromatic heterocycles. The Kier molecular flexibility index (Phi) is 3.90. The highest BCUT2D eigenvalue weighted by Crippen LogP contribution is 2.42. The lowest BCUT2D eigenvalue weighted by atomic mass is 9.99. The number of β-amino-alcohol motifs (C(OH)–C–C–N with tert-alkyl or cyclic N) is 1. The smallest absolute Gasteiger partial charge is 0.258 e. The van der Waals surface area contributed by atoms with E-state index in [4.69, 9.17) is 9.78 Å². The molecule has 5 rings (SSSR count). The van der Waals surface area contributed by atoms with Crippen LogP contribution >= 0.6 is 0 Å². The van der Waals surface area contributed by atoms with E-state index in [1.54, 1.807) is 6.07 Å². The summed E-state index contributed by atoms with van der Waals surface area (Å²) in [4.78, 5) is 6.83. The van der Waals surface area contributed by atoms with Crippen molar-refractivity contribution in [2.45, 2.75) is 25.0 Å². The van der Waals surface area contributed by atoms with Crippen molar-refractivity contribution in [3.05, 3.63) is 53.1 Å². The first-order valence-electron chi connectivity index (χ1n) is 9.25. The van der Waals surface area contributed by atoms with Crippen molar-refractivity contribution < 1.29 is 14.7 Å². The van der Waals surface area contributed by atoms with Gasteiger partial charge in [0.2, 0.25) is 5.82 Å². The normalized spacial score (nSPS) is 19.2. The average molecular weight is 374 g/mol. The van der Waals surface area contributed by atoms with E-state index in [9.17, 15) is 10.2 Å². The number of aromatic hydroxyl groups is 1. The first-order chi connectivity index (χ1) is 13.6. The molecule has 1 saturated heterocycles. The van der Waals surface area contributed by atoms with Gasteiger partial charge >= 0.3 is 0 Å². The van der Waals surface area contributed by atoms with Crippen LogP contribution < -0.4 is 0 Å². The lowest BCUT2D eigenvalue weighted by Gasteiger charge is -2.40. The summed E-state index contributed by atoms with van der Waals surface area (Å²) in [6, 6.07) is 13.1. The lowest BCUT2D eigenvalue weighted by Crippen LogP contribution is -2.51. The van der Waals surface area contributed by atoms with E-state index in [-0.39, 0.29) is 17.4 Å². The number of aliphatic hydroxyl groups is 1. The number of fused-ring (bicyclic) bond motifs is 1. The monoisotopic (exact) mass is 374 g/mol. The molecule has 2 aliphatic rings. The van der Waals surface area contributed by atoms with Gasteiger partial charge in [-0.05, 0) is 42.2 Å². The average Bonchev–Trinajstić information content (AvgIpc) is 3.33. The number of benzene rings is 2. The number of aliphatic hydroxyl groups excluding tert-OH is 1. The van der Waals surface area contributed by atoms with E-state index in [1.807, 2.05) is 18.2 Å². The number of rotatable bonds is 3. The molecule has 3 aromatic rings. The molecule has 0 saturated carbocycles. The Balaban J connectivity index is 1.48. The number of hydrogen-bond acceptors (Lipinski definition) is 7. The van der Waals surface area contributed by atoms with Crippen molar-refractivity contribution in [1.82, 2.24) is 15.0 Å². The van der Waals surface area contributed by atoms with E-state index in [0.29, 0.717) is 23.3 Å². The molecule has 2 N–H and O–H groups in total. The number of aromatic nitrogens is 2. The zero-order chi connectivity index (χ0) is 19.3. The van der Waals surface area contributed by atoms with Gasteiger partial charge in [0, 0.05) is 30.3 Å². The minimum absolute atomic E-state index is 0.0750. The SMILES string of the molecule is N#Cc1cc(-c2nc(-c3cccc4c3CC[C@@H]4N3CC(O)C3)no2)ccc1O. The number of phenolic OH excluding ortho intramolecular Hbond substituents is 1. The summed E-state index contributed by atoms with van der Waals surface area (Å²) in [6.07, 6.45) is 1.74. The Morgan fingerprint density at radius 1 is 1.21 bits per heavy atom. The maximum absolute atomic E-state index is 9.67. The third-order valence-electron chi connectivity index (χ3n) is 5.60. The quantitative estimate of drug-likeness (QED) is 0.726. The van der Waals surface area contributed by atoms with Gasteiger partial charge in [-0.1, -0.05) is 23.4 Å². The predicted molar refractivity (Wildman–Crippen MR) is 100 cm³/mol. The molecule has 2 heterocycles. The molecule has 1 atom stereocenters.